The summed E-state index contributed by atoms with van der Waals surface area (Å²) in [5, 5.41) is 1.22. The van der Waals surface area contributed by atoms with Gasteiger partial charge in [0.1, 0.15) is 0 Å². The molecule has 4 heteroatoms. The van der Waals surface area contributed by atoms with Crippen LogP contribution in [0.4, 0.5) is 0 Å². The van der Waals surface area contributed by atoms with E-state index in [0.717, 1.165) is 12.8 Å². The maximum absolute atomic E-state index is 6.31. The molecule has 1 saturated carbocycles. The number of hydrogen-bond acceptors (Lipinski definition) is 1. The van der Waals surface area contributed by atoms with E-state index >= 15 is 0 Å². The summed E-state index contributed by atoms with van der Waals surface area (Å²) in [7, 11) is 0. The molecule has 1 aliphatic rings. The van der Waals surface area contributed by atoms with Crippen molar-refractivity contribution < 1.29 is 0 Å². The highest BCUT2D eigenvalue weighted by atomic mass is 127. The zero-order valence-electron chi connectivity index (χ0n) is 9.06. The Kier molecular flexibility index (Phi) is 3.48. The van der Waals surface area contributed by atoms with Crippen molar-refractivity contribution in [1.29, 1.82) is 0 Å². The molecule has 16 heavy (non-hydrogen) atoms. The van der Waals surface area contributed by atoms with E-state index in [4.69, 9.17) is 28.9 Å². The van der Waals surface area contributed by atoms with Gasteiger partial charge >= 0.3 is 0 Å². The van der Waals surface area contributed by atoms with Crippen LogP contribution >= 0.6 is 45.8 Å². The highest BCUT2D eigenvalue weighted by molar-refractivity contribution is 14.1. The highest BCUT2D eigenvalue weighted by Crippen LogP contribution is 2.53. The van der Waals surface area contributed by atoms with Gasteiger partial charge in [-0.15, -0.1) is 0 Å². The van der Waals surface area contributed by atoms with Gasteiger partial charge in [-0.25, -0.2) is 0 Å². The molecular weight excluding hydrogens is 356 g/mol. The Morgan fingerprint density at radius 1 is 1.31 bits per heavy atom. The molecule has 1 aromatic rings. The molecule has 1 nitrogen and oxygen atoms in total. The second kappa shape index (κ2) is 4.30. The van der Waals surface area contributed by atoms with Crippen LogP contribution in [0, 0.1) is 0 Å². The first-order chi connectivity index (χ1) is 7.37. The molecule has 1 atom stereocenters. The Hall–Kier alpha value is 0.490. The normalized spacial score (nSPS) is 22.3. The molecule has 2 N–H and O–H groups in total. The summed E-state index contributed by atoms with van der Waals surface area (Å²) in [6, 6.07) is 5.88. The quantitative estimate of drug-likeness (QED) is 0.462. The van der Waals surface area contributed by atoms with E-state index < -0.39 is 0 Å². The lowest BCUT2D eigenvalue weighted by Crippen LogP contribution is -2.55. The van der Waals surface area contributed by atoms with Crippen molar-refractivity contribution in [3.8, 4) is 0 Å². The van der Waals surface area contributed by atoms with Crippen molar-refractivity contribution in [1.82, 2.24) is 0 Å². The van der Waals surface area contributed by atoms with Crippen molar-refractivity contribution in [2.24, 2.45) is 5.73 Å². The maximum atomic E-state index is 6.31. The molecule has 0 heterocycles. The number of hydrogen-bond donors (Lipinski definition) is 1. The third-order valence-corrected chi connectivity index (χ3v) is 5.39. The first-order valence-electron chi connectivity index (χ1n) is 5.30. The van der Waals surface area contributed by atoms with Gasteiger partial charge in [0.05, 0.1) is 13.6 Å². The average Bonchev–Trinajstić information content (AvgIpc) is 2.06. The summed E-state index contributed by atoms with van der Waals surface area (Å²) in [5.74, 6) is 0. The molecule has 1 fully saturated rings. The molecule has 2 rings (SSSR count). The second-order valence-corrected chi connectivity index (χ2v) is 7.70. The van der Waals surface area contributed by atoms with Crippen LogP contribution < -0.4 is 5.73 Å². The van der Waals surface area contributed by atoms with E-state index in [-0.39, 0.29) is 8.96 Å². The average molecular weight is 370 g/mol. The second-order valence-electron chi connectivity index (χ2n) is 4.64. The molecule has 1 aromatic carbocycles. The first kappa shape index (κ1) is 12.9. The van der Waals surface area contributed by atoms with Gasteiger partial charge in [0.25, 0.3) is 0 Å². The van der Waals surface area contributed by atoms with Crippen LogP contribution in [-0.2, 0) is 5.41 Å². The summed E-state index contributed by atoms with van der Waals surface area (Å²) in [4.78, 5) is 0. The molecule has 0 aromatic heterocycles. The fourth-order valence-corrected chi connectivity index (χ4v) is 3.53. The molecule has 0 spiro atoms. The minimum absolute atomic E-state index is 0.0573. The van der Waals surface area contributed by atoms with E-state index in [1.807, 2.05) is 12.1 Å². The van der Waals surface area contributed by atoms with Crippen LogP contribution in [0.15, 0.2) is 18.2 Å². The number of nitrogens with two attached hydrogens (primary N) is 1. The van der Waals surface area contributed by atoms with Crippen LogP contribution in [0.25, 0.3) is 0 Å². The monoisotopic (exact) mass is 369 g/mol. The van der Waals surface area contributed by atoms with Gasteiger partial charge in [0.2, 0.25) is 0 Å². The topological polar surface area (TPSA) is 26.0 Å². The minimum atomic E-state index is -0.250. The zero-order chi connectivity index (χ0) is 12.0. The largest absolute Gasteiger partial charge is 0.316 e. The Balaban J connectivity index is 2.45. The summed E-state index contributed by atoms with van der Waals surface area (Å²) >= 11 is 14.3. The molecular formula is C12H14Cl2IN. The highest BCUT2D eigenvalue weighted by Gasteiger charge is 2.49. The SMILES string of the molecule is CC(N)(I)C1(c2ccc(Cl)c(Cl)c2)CCC1. The summed E-state index contributed by atoms with van der Waals surface area (Å²) < 4.78 is -0.250. The number of alkyl halides is 1. The Morgan fingerprint density at radius 2 is 1.94 bits per heavy atom. The summed E-state index contributed by atoms with van der Waals surface area (Å²) in [6.45, 7) is 2.08. The molecule has 0 amide bonds. The lowest BCUT2D eigenvalue weighted by molar-refractivity contribution is 0.195. The van der Waals surface area contributed by atoms with Crippen molar-refractivity contribution in [3.63, 3.8) is 0 Å². The Bertz CT molecular complexity index is 408. The fourth-order valence-electron chi connectivity index (χ4n) is 2.38. The third kappa shape index (κ3) is 1.98. The van der Waals surface area contributed by atoms with E-state index in [0.29, 0.717) is 10.0 Å². The first-order valence-corrected chi connectivity index (χ1v) is 7.14. The summed E-state index contributed by atoms with van der Waals surface area (Å²) in [5.41, 5.74) is 7.58. The minimum Gasteiger partial charge on any atom is -0.316 e. The molecule has 88 valence electrons. The van der Waals surface area contributed by atoms with Crippen molar-refractivity contribution >= 4 is 45.8 Å². The van der Waals surface area contributed by atoms with E-state index in [1.165, 1.54) is 12.0 Å². The number of halogens is 3. The molecule has 1 aliphatic carbocycles. The smallest absolute Gasteiger partial charge is 0.0749 e. The van der Waals surface area contributed by atoms with Gasteiger partial charge in [0.15, 0.2) is 0 Å². The van der Waals surface area contributed by atoms with Crippen LogP contribution in [0.1, 0.15) is 31.7 Å². The standard InChI is InChI=1S/C12H14Cl2IN/c1-11(15,16)12(5-2-6-12)8-3-4-9(13)10(14)7-8/h3-4,7H,2,5-6,16H2,1H3. The van der Waals surface area contributed by atoms with Gasteiger partial charge in [-0.3, -0.25) is 0 Å². The van der Waals surface area contributed by atoms with Crippen LogP contribution in [-0.4, -0.2) is 3.55 Å². The molecule has 0 radical (unpaired) electrons. The lowest BCUT2D eigenvalue weighted by atomic mass is 9.60. The van der Waals surface area contributed by atoms with E-state index in [9.17, 15) is 0 Å². The predicted molar refractivity (Wildman–Crippen MR) is 78.6 cm³/mol. The van der Waals surface area contributed by atoms with E-state index in [2.05, 4.69) is 35.6 Å². The van der Waals surface area contributed by atoms with Crippen LogP contribution in [0.3, 0.4) is 0 Å². The maximum Gasteiger partial charge on any atom is 0.0749 e. The van der Waals surface area contributed by atoms with Crippen molar-refractivity contribution in [2.45, 2.75) is 35.1 Å². The van der Waals surface area contributed by atoms with Crippen LogP contribution in [0.2, 0.25) is 10.0 Å². The Morgan fingerprint density at radius 3 is 2.31 bits per heavy atom. The van der Waals surface area contributed by atoms with Gasteiger partial charge < -0.3 is 5.73 Å². The van der Waals surface area contributed by atoms with Gasteiger partial charge in [0, 0.05) is 5.41 Å². The lowest BCUT2D eigenvalue weighted by Gasteiger charge is -2.50. The molecule has 0 saturated heterocycles. The molecule has 0 bridgehead atoms. The number of benzene rings is 1. The molecule has 1 unspecified atom stereocenters. The summed E-state index contributed by atoms with van der Waals surface area (Å²) in [6.07, 6.45) is 3.48. The van der Waals surface area contributed by atoms with Gasteiger partial charge in [-0.1, -0.05) is 58.3 Å². The van der Waals surface area contributed by atoms with Gasteiger partial charge in [-0.2, -0.15) is 0 Å². The Labute approximate surface area is 120 Å². The van der Waals surface area contributed by atoms with Crippen LogP contribution in [0.5, 0.6) is 0 Å². The molecule has 0 aliphatic heterocycles. The zero-order valence-corrected chi connectivity index (χ0v) is 12.7. The van der Waals surface area contributed by atoms with Crippen molar-refractivity contribution in [3.05, 3.63) is 33.8 Å². The number of rotatable bonds is 2. The predicted octanol–water partition coefficient (Wildman–Crippen LogP) is 4.53. The van der Waals surface area contributed by atoms with E-state index in [1.54, 1.807) is 0 Å². The third-order valence-electron chi connectivity index (χ3n) is 3.62. The van der Waals surface area contributed by atoms with Crippen molar-refractivity contribution in [2.75, 3.05) is 0 Å². The fraction of sp³-hybridized carbons (Fsp3) is 0.500. The van der Waals surface area contributed by atoms with Gasteiger partial charge in [-0.05, 0) is 37.5 Å².